The van der Waals surface area contributed by atoms with Crippen molar-refractivity contribution in [2.75, 3.05) is 31.6 Å². The van der Waals surface area contributed by atoms with Crippen molar-refractivity contribution in [1.29, 1.82) is 0 Å². The molecule has 1 aliphatic rings. The molecule has 0 radical (unpaired) electrons. The number of carbonyl (C=O) groups excluding carboxylic acids is 1. The first kappa shape index (κ1) is 14.3. The third-order valence-corrected chi connectivity index (χ3v) is 4.02. The summed E-state index contributed by atoms with van der Waals surface area (Å²) in [7, 11) is 1.86. The fourth-order valence-corrected chi connectivity index (χ4v) is 2.88. The van der Waals surface area contributed by atoms with Gasteiger partial charge >= 0.3 is 0 Å². The summed E-state index contributed by atoms with van der Waals surface area (Å²) in [4.78, 5) is 14.0. The van der Waals surface area contributed by atoms with E-state index in [-0.39, 0.29) is 11.9 Å². The number of hydrogen-bond donors (Lipinski definition) is 2. The first-order chi connectivity index (χ1) is 9.20. The summed E-state index contributed by atoms with van der Waals surface area (Å²) in [5.74, 6) is 0.133. The van der Waals surface area contributed by atoms with Crippen molar-refractivity contribution in [1.82, 2.24) is 10.6 Å². The number of halogens is 1. The van der Waals surface area contributed by atoms with Crippen LogP contribution >= 0.6 is 15.9 Å². The number of benzene rings is 1. The summed E-state index contributed by atoms with van der Waals surface area (Å²) in [6.45, 7) is 2.60. The molecule has 1 aromatic rings. The van der Waals surface area contributed by atoms with Gasteiger partial charge in [-0.1, -0.05) is 12.1 Å². The van der Waals surface area contributed by atoms with E-state index < -0.39 is 0 Å². The van der Waals surface area contributed by atoms with Crippen LogP contribution in [0.1, 0.15) is 12.8 Å². The molecule has 1 amide bonds. The predicted octanol–water partition coefficient (Wildman–Crippen LogP) is 1.75. The molecule has 4 nitrogen and oxygen atoms in total. The summed E-state index contributed by atoms with van der Waals surface area (Å²) >= 11 is 3.57. The Morgan fingerprint density at radius 3 is 3.00 bits per heavy atom. The van der Waals surface area contributed by atoms with Crippen molar-refractivity contribution in [3.05, 3.63) is 28.7 Å². The average molecular weight is 326 g/mol. The molecule has 0 aromatic heterocycles. The van der Waals surface area contributed by atoms with Gasteiger partial charge in [0.05, 0.1) is 5.69 Å². The highest BCUT2D eigenvalue weighted by Crippen LogP contribution is 2.28. The molecule has 1 saturated heterocycles. The molecule has 0 spiro atoms. The topological polar surface area (TPSA) is 44.4 Å². The molecule has 0 bridgehead atoms. The second kappa shape index (κ2) is 6.91. The van der Waals surface area contributed by atoms with Gasteiger partial charge in [0.1, 0.15) is 0 Å². The van der Waals surface area contributed by atoms with Crippen molar-refractivity contribution in [2.24, 2.45) is 0 Å². The van der Waals surface area contributed by atoms with Crippen LogP contribution in [0.25, 0.3) is 0 Å². The molecule has 2 rings (SSSR count). The largest absolute Gasteiger partial charge is 0.368 e. The minimum atomic E-state index is 0.133. The number of para-hydroxylation sites is 1. The maximum Gasteiger partial charge on any atom is 0.221 e. The summed E-state index contributed by atoms with van der Waals surface area (Å²) in [6, 6.07) is 8.47. The first-order valence-corrected chi connectivity index (χ1v) is 7.43. The van der Waals surface area contributed by atoms with Crippen LogP contribution in [0.4, 0.5) is 5.69 Å². The number of nitrogens with zero attached hydrogens (tertiary/aromatic N) is 1. The zero-order valence-electron chi connectivity index (χ0n) is 11.2. The van der Waals surface area contributed by atoms with Gasteiger partial charge in [0.2, 0.25) is 5.91 Å². The molecular weight excluding hydrogens is 306 g/mol. The van der Waals surface area contributed by atoms with E-state index >= 15 is 0 Å². The first-order valence-electron chi connectivity index (χ1n) is 6.64. The van der Waals surface area contributed by atoms with Crippen molar-refractivity contribution < 1.29 is 4.79 Å². The second-order valence-corrected chi connectivity index (χ2v) is 5.66. The van der Waals surface area contributed by atoms with Crippen LogP contribution in [-0.2, 0) is 4.79 Å². The van der Waals surface area contributed by atoms with Gasteiger partial charge in [-0.25, -0.2) is 0 Å². The number of carbonyl (C=O) groups is 1. The summed E-state index contributed by atoms with van der Waals surface area (Å²) < 4.78 is 1.11. The van der Waals surface area contributed by atoms with Crippen molar-refractivity contribution in [3.63, 3.8) is 0 Å². The maximum absolute atomic E-state index is 11.7. The van der Waals surface area contributed by atoms with Gasteiger partial charge in [0.25, 0.3) is 0 Å². The Morgan fingerprint density at radius 2 is 2.26 bits per heavy atom. The van der Waals surface area contributed by atoms with E-state index in [1.54, 1.807) is 0 Å². The minimum absolute atomic E-state index is 0.133. The van der Waals surface area contributed by atoms with Crippen LogP contribution in [0, 0.1) is 0 Å². The summed E-state index contributed by atoms with van der Waals surface area (Å²) in [5, 5.41) is 6.09. The van der Waals surface area contributed by atoms with E-state index in [4.69, 9.17) is 0 Å². The molecule has 5 heteroatoms. The van der Waals surface area contributed by atoms with Crippen molar-refractivity contribution >= 4 is 27.5 Å². The van der Waals surface area contributed by atoms with Crippen LogP contribution in [-0.4, -0.2) is 38.6 Å². The van der Waals surface area contributed by atoms with Crippen molar-refractivity contribution in [3.8, 4) is 0 Å². The molecule has 19 heavy (non-hydrogen) atoms. The zero-order valence-corrected chi connectivity index (χ0v) is 12.7. The molecule has 1 atom stereocenters. The number of nitrogens with one attached hydrogen (secondary N) is 2. The van der Waals surface area contributed by atoms with Crippen LogP contribution in [0.5, 0.6) is 0 Å². The Labute approximate surface area is 122 Å². The molecule has 1 fully saturated rings. The number of hydrogen-bond acceptors (Lipinski definition) is 3. The van der Waals surface area contributed by atoms with Gasteiger partial charge in [-0.2, -0.15) is 0 Å². The highest BCUT2D eigenvalue weighted by Gasteiger charge is 2.24. The number of rotatable bonds is 5. The average Bonchev–Trinajstić information content (AvgIpc) is 2.85. The second-order valence-electron chi connectivity index (χ2n) is 4.80. The molecule has 1 unspecified atom stereocenters. The van der Waals surface area contributed by atoms with E-state index in [0.29, 0.717) is 6.42 Å². The SMILES string of the molecule is CNCCC(=O)NC1CCN(c2ccccc2Br)C1. The van der Waals surface area contributed by atoms with Crippen LogP contribution < -0.4 is 15.5 Å². The lowest BCUT2D eigenvalue weighted by molar-refractivity contribution is -0.121. The summed E-state index contributed by atoms with van der Waals surface area (Å²) in [6.07, 6.45) is 1.55. The van der Waals surface area contributed by atoms with Gasteiger partial charge in [0, 0.05) is 36.6 Å². The monoisotopic (exact) mass is 325 g/mol. The Kier molecular flexibility index (Phi) is 5.22. The van der Waals surface area contributed by atoms with E-state index in [2.05, 4.69) is 37.5 Å². The van der Waals surface area contributed by atoms with Gasteiger partial charge in [-0.05, 0) is 41.5 Å². The van der Waals surface area contributed by atoms with Gasteiger partial charge in [0.15, 0.2) is 0 Å². The quantitative estimate of drug-likeness (QED) is 0.867. The maximum atomic E-state index is 11.7. The third-order valence-electron chi connectivity index (χ3n) is 3.35. The molecule has 1 aromatic carbocycles. The minimum Gasteiger partial charge on any atom is -0.368 e. The molecule has 1 aliphatic heterocycles. The lowest BCUT2D eigenvalue weighted by Crippen LogP contribution is -2.38. The zero-order chi connectivity index (χ0) is 13.7. The standard InChI is InChI=1S/C14H20BrN3O/c1-16-8-6-14(19)17-11-7-9-18(10-11)13-5-3-2-4-12(13)15/h2-5,11,16H,6-10H2,1H3,(H,17,19). The Morgan fingerprint density at radius 1 is 1.47 bits per heavy atom. The van der Waals surface area contributed by atoms with Crippen LogP contribution in [0.2, 0.25) is 0 Å². The summed E-state index contributed by atoms with van der Waals surface area (Å²) in [5.41, 5.74) is 1.20. The van der Waals surface area contributed by atoms with Gasteiger partial charge < -0.3 is 15.5 Å². The van der Waals surface area contributed by atoms with Crippen LogP contribution in [0.15, 0.2) is 28.7 Å². The van der Waals surface area contributed by atoms with Gasteiger partial charge in [-0.15, -0.1) is 0 Å². The third kappa shape index (κ3) is 3.94. The molecular formula is C14H20BrN3O. The molecule has 2 N–H and O–H groups in total. The highest BCUT2D eigenvalue weighted by atomic mass is 79.9. The number of amides is 1. The smallest absolute Gasteiger partial charge is 0.221 e. The lowest BCUT2D eigenvalue weighted by atomic mass is 10.2. The highest BCUT2D eigenvalue weighted by molar-refractivity contribution is 9.10. The van der Waals surface area contributed by atoms with E-state index in [9.17, 15) is 4.79 Å². The van der Waals surface area contributed by atoms with Crippen molar-refractivity contribution in [2.45, 2.75) is 18.9 Å². The Hall–Kier alpha value is -1.07. The van der Waals surface area contributed by atoms with E-state index in [1.165, 1.54) is 5.69 Å². The predicted molar refractivity (Wildman–Crippen MR) is 81.4 cm³/mol. The van der Waals surface area contributed by atoms with Gasteiger partial charge in [-0.3, -0.25) is 4.79 Å². The molecule has 0 saturated carbocycles. The fourth-order valence-electron chi connectivity index (χ4n) is 2.34. The fraction of sp³-hybridized carbons (Fsp3) is 0.500. The molecule has 1 heterocycles. The molecule has 104 valence electrons. The lowest BCUT2D eigenvalue weighted by Gasteiger charge is -2.20. The Balaban J connectivity index is 1.86. The van der Waals surface area contributed by atoms with E-state index in [1.807, 2.05) is 25.2 Å². The number of anilines is 1. The molecule has 0 aliphatic carbocycles. The van der Waals surface area contributed by atoms with Crippen LogP contribution in [0.3, 0.4) is 0 Å². The van der Waals surface area contributed by atoms with E-state index in [0.717, 1.165) is 30.5 Å². The normalized spacial score (nSPS) is 18.6. The Bertz CT molecular complexity index is 438.